The summed E-state index contributed by atoms with van der Waals surface area (Å²) in [5.74, 6) is 3.68. The predicted octanol–water partition coefficient (Wildman–Crippen LogP) is 14.3. The Morgan fingerprint density at radius 1 is 0.540 bits per heavy atom. The first-order valence-corrected chi connectivity index (χ1v) is 23.5. The molecule has 0 aliphatic rings. The van der Waals surface area contributed by atoms with Gasteiger partial charge in [-0.1, -0.05) is 81.9 Å². The number of benzene rings is 4. The van der Waals surface area contributed by atoms with E-state index in [1.54, 1.807) is 23.3 Å². The van der Waals surface area contributed by atoms with Crippen molar-refractivity contribution < 1.29 is 32.2 Å². The van der Waals surface area contributed by atoms with Crippen LogP contribution in [0.15, 0.2) is 130 Å². The van der Waals surface area contributed by atoms with Gasteiger partial charge >= 0.3 is 41.9 Å². The molecule has 6 aromatic carbocycles. The molecule has 0 bridgehead atoms. The molecule has 0 saturated heterocycles. The molecule has 6 heteroatoms. The van der Waals surface area contributed by atoms with Gasteiger partial charge in [0.1, 0.15) is 0 Å². The fourth-order valence-electron chi connectivity index (χ4n) is 6.30. The summed E-state index contributed by atoms with van der Waals surface area (Å²) in [6, 6.07) is 41.5. The second-order valence-electron chi connectivity index (χ2n) is 12.9. The van der Waals surface area contributed by atoms with Crippen molar-refractivity contribution in [3.63, 3.8) is 0 Å². The number of hydrogen-bond donors (Lipinski definition) is 0. The third-order valence-electron chi connectivity index (χ3n) is 8.47. The summed E-state index contributed by atoms with van der Waals surface area (Å²) in [6.07, 6.45) is 0. The Hall–Kier alpha value is -3.66. The van der Waals surface area contributed by atoms with E-state index < -0.39 is 0 Å². The van der Waals surface area contributed by atoms with E-state index in [1.807, 2.05) is 74.5 Å². The standard InChI is InChI=1S/2C21H16ClO.C2H6Si.Zr/c2*1-13-6-8-15-10-17(20-9-7-14(2)23-20)12-19(15)21(13)16-4-3-5-18(22)11-16;1-3-2;/h2*3-12H,1-2H3;1-2H3;/q2*-1;;+2. The number of furan rings is 2. The van der Waals surface area contributed by atoms with E-state index in [9.17, 15) is 0 Å². The molecular weight excluding hydrogens is 751 g/mol. The zero-order valence-electron chi connectivity index (χ0n) is 29.1. The predicted molar refractivity (Wildman–Crippen MR) is 212 cm³/mol. The number of aryl methyl sites for hydroxylation is 4. The molecule has 0 radical (unpaired) electrons. The molecule has 0 N–H and O–H groups in total. The van der Waals surface area contributed by atoms with Gasteiger partial charge in [-0.15, -0.1) is 57.9 Å². The third kappa shape index (κ3) is 8.27. The largest absolute Gasteiger partial charge is 0.496 e. The molecule has 2 aromatic heterocycles. The summed E-state index contributed by atoms with van der Waals surface area (Å²) in [7, 11) is 0. The van der Waals surface area contributed by atoms with Gasteiger partial charge in [0.05, 0.1) is 23.0 Å². The van der Waals surface area contributed by atoms with Crippen LogP contribution in [-0.2, 0) is 23.3 Å². The Labute approximate surface area is 319 Å². The van der Waals surface area contributed by atoms with Crippen LogP contribution in [0.25, 0.3) is 66.4 Å². The van der Waals surface area contributed by atoms with E-state index in [-0.39, 0.29) is 5.43 Å². The molecule has 0 aliphatic heterocycles. The van der Waals surface area contributed by atoms with Crippen LogP contribution in [0.4, 0.5) is 0 Å². The first-order valence-electron chi connectivity index (χ1n) is 16.5. The second-order valence-corrected chi connectivity index (χ2v) is 23.1. The molecule has 0 spiro atoms. The Morgan fingerprint density at radius 3 is 1.28 bits per heavy atom. The SMILES string of the molecule is C[Si](C)=[Zr+2].Cc1ccc(-c2cc3c(-c4cccc(Cl)c4)c(C)ccc3[cH-]2)o1.Cc1ccc(-c2cc3c(-c4cccc(Cl)c4)c(C)ccc3[cH-]2)o1. The average Bonchev–Trinajstić information content (AvgIpc) is 3.87. The minimum absolute atomic E-state index is 0.210. The van der Waals surface area contributed by atoms with Crippen molar-refractivity contribution in [2.75, 3.05) is 0 Å². The molecular formula is C44H38Cl2O2SiZr. The van der Waals surface area contributed by atoms with Gasteiger partial charge in [0.15, 0.2) is 0 Å². The van der Waals surface area contributed by atoms with E-state index >= 15 is 0 Å². The minimum atomic E-state index is 0.210. The maximum absolute atomic E-state index is 6.19. The van der Waals surface area contributed by atoms with Crippen LogP contribution >= 0.6 is 23.2 Å². The van der Waals surface area contributed by atoms with E-state index in [2.05, 4.69) is 87.6 Å². The van der Waals surface area contributed by atoms with Crippen LogP contribution in [-0.4, -0.2) is 5.43 Å². The van der Waals surface area contributed by atoms with Gasteiger partial charge in [-0.2, -0.15) is 0 Å². The van der Waals surface area contributed by atoms with Gasteiger partial charge in [-0.3, -0.25) is 0 Å². The number of hydrogen-bond acceptors (Lipinski definition) is 2. The van der Waals surface area contributed by atoms with Gasteiger partial charge in [0.2, 0.25) is 0 Å². The van der Waals surface area contributed by atoms with Crippen molar-refractivity contribution in [3.8, 4) is 44.9 Å². The van der Waals surface area contributed by atoms with Gasteiger partial charge in [0.25, 0.3) is 0 Å². The van der Waals surface area contributed by atoms with Crippen molar-refractivity contribution >= 4 is 50.2 Å². The van der Waals surface area contributed by atoms with Crippen LogP contribution in [0.3, 0.4) is 0 Å². The van der Waals surface area contributed by atoms with Gasteiger partial charge in [-0.05, 0) is 98.5 Å². The molecule has 2 heterocycles. The molecule has 0 saturated carbocycles. The molecule has 8 aromatic rings. The van der Waals surface area contributed by atoms with Gasteiger partial charge in [-0.25, -0.2) is 0 Å². The quantitative estimate of drug-likeness (QED) is 0.131. The monoisotopic (exact) mass is 786 g/mol. The molecule has 0 amide bonds. The summed E-state index contributed by atoms with van der Waals surface area (Å²) >= 11 is 14.1. The molecule has 0 atom stereocenters. The zero-order valence-corrected chi connectivity index (χ0v) is 34.1. The van der Waals surface area contributed by atoms with Crippen molar-refractivity contribution in [1.29, 1.82) is 0 Å². The van der Waals surface area contributed by atoms with Crippen LogP contribution < -0.4 is 0 Å². The first kappa shape index (κ1) is 36.1. The zero-order chi connectivity index (χ0) is 35.5. The van der Waals surface area contributed by atoms with Crippen molar-refractivity contribution in [2.45, 2.75) is 40.8 Å². The van der Waals surface area contributed by atoms with E-state index in [0.29, 0.717) is 0 Å². The fraction of sp³-hybridized carbons (Fsp3) is 0.136. The third-order valence-corrected chi connectivity index (χ3v) is 8.94. The average molecular weight is 789 g/mol. The van der Waals surface area contributed by atoms with Crippen LogP contribution in [0.1, 0.15) is 22.6 Å². The van der Waals surface area contributed by atoms with Gasteiger partial charge in [0, 0.05) is 10.0 Å². The molecule has 0 fully saturated rings. The fourth-order valence-corrected chi connectivity index (χ4v) is 6.68. The maximum atomic E-state index is 6.19. The van der Waals surface area contributed by atoms with Crippen molar-refractivity contribution in [3.05, 3.63) is 154 Å². The number of fused-ring (bicyclic) bond motifs is 2. The van der Waals surface area contributed by atoms with E-state index in [0.717, 1.165) is 55.3 Å². The Balaban J connectivity index is 0.000000156. The number of halogens is 2. The van der Waals surface area contributed by atoms with Crippen molar-refractivity contribution in [2.24, 2.45) is 0 Å². The smallest absolute Gasteiger partial charge is 0.0896 e. The van der Waals surface area contributed by atoms with Crippen LogP contribution in [0, 0.1) is 27.7 Å². The maximum Gasteiger partial charge on any atom is 0.0896 e. The summed E-state index contributed by atoms with van der Waals surface area (Å²) in [4.78, 5) is 0. The molecule has 0 aliphatic carbocycles. The number of rotatable bonds is 4. The van der Waals surface area contributed by atoms with Gasteiger partial charge < -0.3 is 8.83 Å². The first-order chi connectivity index (χ1) is 24.0. The molecule has 50 heavy (non-hydrogen) atoms. The van der Waals surface area contributed by atoms with E-state index in [1.165, 1.54) is 43.8 Å². The molecule has 8 rings (SSSR count). The minimum Gasteiger partial charge on any atom is -0.496 e. The Morgan fingerprint density at radius 2 is 0.940 bits per heavy atom. The second kappa shape index (κ2) is 15.7. The van der Waals surface area contributed by atoms with Crippen LogP contribution in [0.2, 0.25) is 23.1 Å². The summed E-state index contributed by atoms with van der Waals surface area (Å²) < 4.78 is 11.5. The Bertz CT molecular complexity index is 2290. The summed E-state index contributed by atoms with van der Waals surface area (Å²) in [5, 5.41) is 6.41. The van der Waals surface area contributed by atoms with E-state index in [4.69, 9.17) is 32.0 Å². The Kier molecular flexibility index (Phi) is 11.4. The van der Waals surface area contributed by atoms with Crippen molar-refractivity contribution in [1.82, 2.24) is 0 Å². The molecule has 0 unspecified atom stereocenters. The molecule has 248 valence electrons. The topological polar surface area (TPSA) is 26.3 Å². The normalized spacial score (nSPS) is 10.9. The summed E-state index contributed by atoms with van der Waals surface area (Å²) in [6.45, 7) is 12.8. The summed E-state index contributed by atoms with van der Waals surface area (Å²) in [5.41, 5.74) is 9.69. The van der Waals surface area contributed by atoms with Crippen LogP contribution in [0.5, 0.6) is 0 Å². The molecule has 2 nitrogen and oxygen atoms in total.